The first-order valence-corrected chi connectivity index (χ1v) is 12.3. The van der Waals surface area contributed by atoms with Crippen molar-refractivity contribution in [3.05, 3.63) is 0 Å². The molecule has 0 atom stereocenters. The van der Waals surface area contributed by atoms with Gasteiger partial charge in [-0.2, -0.15) is 0 Å². The van der Waals surface area contributed by atoms with Gasteiger partial charge in [-0.25, -0.2) is 0 Å². The second kappa shape index (κ2) is 17.7. The zero-order valence-corrected chi connectivity index (χ0v) is 19.6. The summed E-state index contributed by atoms with van der Waals surface area (Å²) in [6, 6.07) is 0.676. The van der Waals surface area contributed by atoms with Crippen LogP contribution in [-0.2, 0) is 32.2 Å². The zero-order chi connectivity index (χ0) is 21.1. The summed E-state index contributed by atoms with van der Waals surface area (Å²) >= 11 is 0. The third-order valence-electron chi connectivity index (χ3n) is 4.37. The molecular weight excluding hydrogens is 382 g/mol. The quantitative estimate of drug-likeness (QED) is 0.221. The van der Waals surface area contributed by atoms with Crippen molar-refractivity contribution in [2.45, 2.75) is 51.6 Å². The van der Waals surface area contributed by atoms with Gasteiger partial charge in [-0.05, 0) is 40.0 Å². The summed E-state index contributed by atoms with van der Waals surface area (Å²) in [4.78, 5) is 0. The van der Waals surface area contributed by atoms with Gasteiger partial charge in [-0.1, -0.05) is 0 Å². The van der Waals surface area contributed by atoms with Crippen LogP contribution < -0.4 is 5.73 Å². The van der Waals surface area contributed by atoms with Crippen LogP contribution in [0.15, 0.2) is 0 Å². The number of ether oxygens (including phenoxy) is 4. The van der Waals surface area contributed by atoms with Gasteiger partial charge in [0, 0.05) is 58.8 Å². The van der Waals surface area contributed by atoms with Gasteiger partial charge in [0.1, 0.15) is 0 Å². The summed E-state index contributed by atoms with van der Waals surface area (Å²) in [5.41, 5.74) is 6.32. The van der Waals surface area contributed by atoms with E-state index >= 15 is 0 Å². The van der Waals surface area contributed by atoms with E-state index in [-0.39, 0.29) is 0 Å². The maximum atomic E-state index is 6.76. The standard InChI is InChI=1S/C19H43NO7Si/c1-6-25-28(26-7-2,27-8-3)18-11-19(20,9-12-23-16-14-21-4)10-13-24-17-15-22-5/h6-18,20H2,1-5H3. The monoisotopic (exact) mass is 425 g/mol. The van der Waals surface area contributed by atoms with E-state index < -0.39 is 14.3 Å². The van der Waals surface area contributed by atoms with Crippen molar-refractivity contribution in [1.29, 1.82) is 0 Å². The number of hydrogen-bond acceptors (Lipinski definition) is 8. The molecule has 0 rings (SSSR count). The Morgan fingerprint density at radius 1 is 0.643 bits per heavy atom. The second-order valence-electron chi connectivity index (χ2n) is 6.55. The fourth-order valence-corrected chi connectivity index (χ4v) is 5.62. The van der Waals surface area contributed by atoms with Crippen LogP contribution in [-0.4, -0.2) is 88.0 Å². The van der Waals surface area contributed by atoms with Crippen molar-refractivity contribution < 1.29 is 32.2 Å². The lowest BCUT2D eigenvalue weighted by Crippen LogP contribution is -2.50. The number of hydrogen-bond donors (Lipinski definition) is 1. The predicted molar refractivity (Wildman–Crippen MR) is 112 cm³/mol. The van der Waals surface area contributed by atoms with Crippen LogP contribution in [0.4, 0.5) is 0 Å². The van der Waals surface area contributed by atoms with Crippen molar-refractivity contribution in [2.24, 2.45) is 5.73 Å². The van der Waals surface area contributed by atoms with E-state index in [0.29, 0.717) is 65.5 Å². The first-order chi connectivity index (χ1) is 13.5. The molecule has 0 aromatic rings. The average Bonchev–Trinajstić information content (AvgIpc) is 2.67. The lowest BCUT2D eigenvalue weighted by molar-refractivity contribution is 0.0406. The van der Waals surface area contributed by atoms with Gasteiger partial charge in [0.25, 0.3) is 0 Å². The van der Waals surface area contributed by atoms with Crippen LogP contribution in [0.1, 0.15) is 40.0 Å². The smallest absolute Gasteiger partial charge is 0.382 e. The highest BCUT2D eigenvalue weighted by Crippen LogP contribution is 2.26. The molecule has 0 saturated carbocycles. The fourth-order valence-electron chi connectivity index (χ4n) is 2.82. The lowest BCUT2D eigenvalue weighted by Gasteiger charge is -2.34. The minimum Gasteiger partial charge on any atom is -0.382 e. The molecule has 0 amide bonds. The minimum atomic E-state index is -2.73. The van der Waals surface area contributed by atoms with E-state index in [4.69, 9.17) is 38.0 Å². The minimum absolute atomic E-state index is 0.441. The van der Waals surface area contributed by atoms with Crippen molar-refractivity contribution in [1.82, 2.24) is 0 Å². The summed E-state index contributed by atoms with van der Waals surface area (Å²) in [5, 5.41) is 0. The van der Waals surface area contributed by atoms with E-state index in [1.807, 2.05) is 20.8 Å². The highest BCUT2D eigenvalue weighted by molar-refractivity contribution is 6.60. The molecule has 0 heterocycles. The molecule has 0 unspecified atom stereocenters. The topological polar surface area (TPSA) is 90.6 Å². The molecule has 28 heavy (non-hydrogen) atoms. The first kappa shape index (κ1) is 27.9. The fraction of sp³-hybridized carbons (Fsp3) is 1.00. The molecule has 0 aromatic carbocycles. The molecule has 0 bridgehead atoms. The molecule has 8 nitrogen and oxygen atoms in total. The Labute approximate surface area is 172 Å². The van der Waals surface area contributed by atoms with E-state index in [2.05, 4.69) is 0 Å². The van der Waals surface area contributed by atoms with E-state index in [9.17, 15) is 0 Å². The van der Waals surface area contributed by atoms with Crippen LogP contribution in [0.25, 0.3) is 0 Å². The highest BCUT2D eigenvalue weighted by Gasteiger charge is 2.42. The molecule has 9 heteroatoms. The maximum Gasteiger partial charge on any atom is 0.500 e. The normalized spacial score (nSPS) is 12.6. The van der Waals surface area contributed by atoms with Gasteiger partial charge in [-0.3, -0.25) is 0 Å². The molecule has 0 aliphatic rings. The Kier molecular flexibility index (Phi) is 17.7. The van der Waals surface area contributed by atoms with Crippen molar-refractivity contribution >= 4 is 8.80 Å². The van der Waals surface area contributed by atoms with Crippen LogP contribution in [0.2, 0.25) is 6.04 Å². The molecule has 170 valence electrons. The van der Waals surface area contributed by atoms with Crippen LogP contribution in [0.5, 0.6) is 0 Å². The van der Waals surface area contributed by atoms with Gasteiger partial charge in [0.15, 0.2) is 0 Å². The number of nitrogens with two attached hydrogens (primary N) is 1. The van der Waals surface area contributed by atoms with Gasteiger partial charge in [0.05, 0.1) is 26.4 Å². The Bertz CT molecular complexity index is 319. The molecule has 0 aliphatic carbocycles. The van der Waals surface area contributed by atoms with E-state index in [1.54, 1.807) is 14.2 Å². The van der Waals surface area contributed by atoms with Crippen LogP contribution >= 0.6 is 0 Å². The summed E-state index contributed by atoms with van der Waals surface area (Å²) in [5.74, 6) is 0. The van der Waals surface area contributed by atoms with Crippen LogP contribution in [0.3, 0.4) is 0 Å². The van der Waals surface area contributed by atoms with E-state index in [0.717, 1.165) is 19.3 Å². The molecule has 0 aromatic heterocycles. The molecule has 0 saturated heterocycles. The lowest BCUT2D eigenvalue weighted by atomic mass is 9.90. The van der Waals surface area contributed by atoms with Gasteiger partial charge < -0.3 is 38.0 Å². The summed E-state index contributed by atoms with van der Waals surface area (Å²) in [6.07, 6.45) is 2.17. The SMILES string of the molecule is CCO[Si](CCC(N)(CCOCCOC)CCOCCOC)(OCC)OCC. The maximum absolute atomic E-state index is 6.76. The first-order valence-electron chi connectivity index (χ1n) is 10.4. The van der Waals surface area contributed by atoms with Crippen molar-refractivity contribution in [3.8, 4) is 0 Å². The molecule has 0 fully saturated rings. The largest absolute Gasteiger partial charge is 0.500 e. The average molecular weight is 426 g/mol. The zero-order valence-electron chi connectivity index (χ0n) is 18.6. The van der Waals surface area contributed by atoms with E-state index in [1.165, 1.54) is 0 Å². The molecule has 2 N–H and O–H groups in total. The van der Waals surface area contributed by atoms with Crippen molar-refractivity contribution in [3.63, 3.8) is 0 Å². The third kappa shape index (κ3) is 13.2. The Morgan fingerprint density at radius 2 is 1.07 bits per heavy atom. The second-order valence-corrected chi connectivity index (χ2v) is 9.29. The van der Waals surface area contributed by atoms with Crippen LogP contribution in [0, 0.1) is 0 Å². The van der Waals surface area contributed by atoms with Gasteiger partial charge in [0.2, 0.25) is 0 Å². The van der Waals surface area contributed by atoms with Gasteiger partial charge in [-0.15, -0.1) is 0 Å². The molecular formula is C19H43NO7Si. The summed E-state index contributed by atoms with van der Waals surface area (Å²) < 4.78 is 39.2. The summed E-state index contributed by atoms with van der Waals surface area (Å²) in [7, 11) is 0.593. The predicted octanol–water partition coefficient (Wildman–Crippen LogP) is 2.23. The van der Waals surface area contributed by atoms with Crippen molar-refractivity contribution in [2.75, 3.05) is 73.7 Å². The Balaban J connectivity index is 4.82. The Morgan fingerprint density at radius 3 is 1.43 bits per heavy atom. The number of rotatable bonds is 21. The molecule has 0 spiro atoms. The third-order valence-corrected chi connectivity index (χ3v) is 7.42. The summed E-state index contributed by atoms with van der Waals surface area (Å²) in [6.45, 7) is 11.0. The number of methoxy groups -OCH3 is 2. The van der Waals surface area contributed by atoms with Gasteiger partial charge >= 0.3 is 8.80 Å². The highest BCUT2D eigenvalue weighted by atomic mass is 28.4. The molecule has 0 radical (unpaired) electrons. The molecule has 0 aliphatic heterocycles. The Hall–Kier alpha value is -0.103.